The van der Waals surface area contributed by atoms with E-state index in [9.17, 15) is 0 Å². The molecule has 0 unspecified atom stereocenters. The summed E-state index contributed by atoms with van der Waals surface area (Å²) in [5.41, 5.74) is 4.54. The van der Waals surface area contributed by atoms with Gasteiger partial charge in [-0.25, -0.2) is 0 Å². The molecule has 3 aromatic carbocycles. The topological polar surface area (TPSA) is 21.3 Å². The van der Waals surface area contributed by atoms with E-state index in [0.29, 0.717) is 6.61 Å². The van der Waals surface area contributed by atoms with Gasteiger partial charge in [0.05, 0.1) is 4.47 Å². The van der Waals surface area contributed by atoms with E-state index in [1.807, 2.05) is 42.5 Å². The summed E-state index contributed by atoms with van der Waals surface area (Å²) in [4.78, 5) is 0. The van der Waals surface area contributed by atoms with E-state index in [1.54, 1.807) is 0 Å². The van der Waals surface area contributed by atoms with Crippen LogP contribution in [0.15, 0.2) is 71.2 Å². The SMILES string of the molecule is Cc1ccc(Cl)cc1NCc1ccc(OCc2ccccc2)c(Br)c1. The molecule has 1 N–H and O–H groups in total. The van der Waals surface area contributed by atoms with Gasteiger partial charge in [0.2, 0.25) is 0 Å². The molecular weight excluding hydrogens is 398 g/mol. The first-order valence-corrected chi connectivity index (χ1v) is 9.24. The minimum Gasteiger partial charge on any atom is -0.488 e. The highest BCUT2D eigenvalue weighted by atomic mass is 79.9. The molecule has 0 heterocycles. The Morgan fingerprint density at radius 3 is 2.52 bits per heavy atom. The number of rotatable bonds is 6. The maximum absolute atomic E-state index is 6.07. The highest BCUT2D eigenvalue weighted by Crippen LogP contribution is 2.28. The van der Waals surface area contributed by atoms with Crippen LogP contribution in [-0.4, -0.2) is 0 Å². The van der Waals surface area contributed by atoms with Crippen LogP contribution >= 0.6 is 27.5 Å². The maximum Gasteiger partial charge on any atom is 0.134 e. The van der Waals surface area contributed by atoms with Crippen molar-refractivity contribution < 1.29 is 4.74 Å². The zero-order valence-electron chi connectivity index (χ0n) is 13.9. The molecule has 0 aliphatic heterocycles. The molecule has 0 saturated carbocycles. The number of ether oxygens (including phenoxy) is 1. The van der Waals surface area contributed by atoms with Gasteiger partial charge in [0, 0.05) is 17.3 Å². The van der Waals surface area contributed by atoms with E-state index < -0.39 is 0 Å². The highest BCUT2D eigenvalue weighted by molar-refractivity contribution is 9.10. The summed E-state index contributed by atoms with van der Waals surface area (Å²) < 4.78 is 6.84. The van der Waals surface area contributed by atoms with Crippen molar-refractivity contribution in [2.75, 3.05) is 5.32 Å². The Morgan fingerprint density at radius 1 is 0.960 bits per heavy atom. The van der Waals surface area contributed by atoms with E-state index in [4.69, 9.17) is 16.3 Å². The first-order valence-electron chi connectivity index (χ1n) is 8.07. The normalized spacial score (nSPS) is 10.5. The molecule has 0 aromatic heterocycles. The summed E-state index contributed by atoms with van der Waals surface area (Å²) >= 11 is 9.66. The lowest BCUT2D eigenvalue weighted by atomic mass is 10.1. The summed E-state index contributed by atoms with van der Waals surface area (Å²) in [7, 11) is 0. The fourth-order valence-electron chi connectivity index (χ4n) is 2.49. The van der Waals surface area contributed by atoms with Gasteiger partial charge < -0.3 is 10.1 Å². The molecule has 4 heteroatoms. The first kappa shape index (κ1) is 17.8. The third kappa shape index (κ3) is 5.00. The van der Waals surface area contributed by atoms with Gasteiger partial charge >= 0.3 is 0 Å². The lowest BCUT2D eigenvalue weighted by molar-refractivity contribution is 0.304. The molecule has 0 aliphatic carbocycles. The lowest BCUT2D eigenvalue weighted by Crippen LogP contribution is -2.02. The van der Waals surface area contributed by atoms with Crippen molar-refractivity contribution in [3.05, 3.63) is 92.9 Å². The van der Waals surface area contributed by atoms with Crippen molar-refractivity contribution in [3.8, 4) is 5.75 Å². The summed E-state index contributed by atoms with van der Waals surface area (Å²) in [5, 5.41) is 4.16. The fourth-order valence-corrected chi connectivity index (χ4v) is 3.20. The van der Waals surface area contributed by atoms with Gasteiger partial charge in [0.15, 0.2) is 0 Å². The predicted molar refractivity (Wildman–Crippen MR) is 108 cm³/mol. The van der Waals surface area contributed by atoms with Crippen LogP contribution in [-0.2, 0) is 13.2 Å². The van der Waals surface area contributed by atoms with Gasteiger partial charge in [0.1, 0.15) is 12.4 Å². The minimum absolute atomic E-state index is 0.554. The number of anilines is 1. The molecular formula is C21H19BrClNO. The Morgan fingerprint density at radius 2 is 1.76 bits per heavy atom. The molecule has 0 amide bonds. The standard InChI is InChI=1S/C21H19BrClNO/c1-15-7-9-18(23)12-20(15)24-13-17-8-10-21(19(22)11-17)25-14-16-5-3-2-4-6-16/h2-12,24H,13-14H2,1H3. The average molecular weight is 417 g/mol. The molecule has 0 bridgehead atoms. The summed E-state index contributed by atoms with van der Waals surface area (Å²) in [6.45, 7) is 3.34. The third-order valence-electron chi connectivity index (χ3n) is 3.92. The monoisotopic (exact) mass is 415 g/mol. The van der Waals surface area contributed by atoms with E-state index in [2.05, 4.69) is 52.4 Å². The van der Waals surface area contributed by atoms with Crippen molar-refractivity contribution in [2.45, 2.75) is 20.1 Å². The Balaban J connectivity index is 1.62. The van der Waals surface area contributed by atoms with E-state index >= 15 is 0 Å². The van der Waals surface area contributed by atoms with Gasteiger partial charge in [-0.1, -0.05) is 54.1 Å². The van der Waals surface area contributed by atoms with Crippen molar-refractivity contribution >= 4 is 33.2 Å². The Bertz CT molecular complexity index is 852. The average Bonchev–Trinajstić information content (AvgIpc) is 2.62. The molecule has 0 atom stereocenters. The second-order valence-electron chi connectivity index (χ2n) is 5.85. The number of aryl methyl sites for hydroxylation is 1. The largest absolute Gasteiger partial charge is 0.488 e. The van der Waals surface area contributed by atoms with Gasteiger partial charge in [-0.15, -0.1) is 0 Å². The lowest BCUT2D eigenvalue weighted by Gasteiger charge is -2.12. The highest BCUT2D eigenvalue weighted by Gasteiger charge is 2.05. The smallest absolute Gasteiger partial charge is 0.134 e. The van der Waals surface area contributed by atoms with E-state index in [-0.39, 0.29) is 0 Å². The number of halogens is 2. The van der Waals surface area contributed by atoms with Crippen LogP contribution in [0.2, 0.25) is 5.02 Å². The second-order valence-corrected chi connectivity index (χ2v) is 7.14. The van der Waals surface area contributed by atoms with Crippen LogP contribution < -0.4 is 10.1 Å². The van der Waals surface area contributed by atoms with Gasteiger partial charge in [0.25, 0.3) is 0 Å². The van der Waals surface area contributed by atoms with E-state index in [0.717, 1.165) is 33.0 Å². The molecule has 3 aromatic rings. The molecule has 0 saturated heterocycles. The predicted octanol–water partition coefficient (Wildman–Crippen LogP) is 6.60. The van der Waals surface area contributed by atoms with Crippen molar-refractivity contribution in [1.82, 2.24) is 0 Å². The number of nitrogens with one attached hydrogen (secondary N) is 1. The Labute approximate surface area is 161 Å². The molecule has 0 radical (unpaired) electrons. The number of benzene rings is 3. The summed E-state index contributed by atoms with van der Waals surface area (Å²) in [6.07, 6.45) is 0. The molecule has 0 spiro atoms. The Hall–Kier alpha value is -1.97. The fraction of sp³-hybridized carbons (Fsp3) is 0.143. The molecule has 3 rings (SSSR count). The quantitative estimate of drug-likeness (QED) is 0.488. The molecule has 0 aliphatic rings. The molecule has 25 heavy (non-hydrogen) atoms. The minimum atomic E-state index is 0.554. The van der Waals surface area contributed by atoms with Gasteiger partial charge in [-0.2, -0.15) is 0 Å². The Kier molecular flexibility index (Phi) is 6.00. The van der Waals surface area contributed by atoms with Gasteiger partial charge in [-0.3, -0.25) is 0 Å². The van der Waals surface area contributed by atoms with Crippen LogP contribution in [0.5, 0.6) is 5.75 Å². The van der Waals surface area contributed by atoms with Crippen LogP contribution in [0.3, 0.4) is 0 Å². The third-order valence-corrected chi connectivity index (χ3v) is 4.77. The molecule has 2 nitrogen and oxygen atoms in total. The van der Waals surface area contributed by atoms with Crippen LogP contribution in [0, 0.1) is 6.92 Å². The first-order chi connectivity index (χ1) is 12.1. The van der Waals surface area contributed by atoms with Crippen LogP contribution in [0.25, 0.3) is 0 Å². The second kappa shape index (κ2) is 8.41. The summed E-state index contributed by atoms with van der Waals surface area (Å²) in [5.74, 6) is 0.839. The molecule has 0 fully saturated rings. The van der Waals surface area contributed by atoms with Gasteiger partial charge in [-0.05, 0) is 63.8 Å². The maximum atomic E-state index is 6.07. The van der Waals surface area contributed by atoms with Crippen molar-refractivity contribution in [2.24, 2.45) is 0 Å². The van der Waals surface area contributed by atoms with E-state index in [1.165, 1.54) is 11.1 Å². The zero-order valence-corrected chi connectivity index (χ0v) is 16.3. The summed E-state index contributed by atoms with van der Waals surface area (Å²) in [6, 6.07) is 22.1. The number of hydrogen-bond acceptors (Lipinski definition) is 2. The molecule has 128 valence electrons. The van der Waals surface area contributed by atoms with Crippen molar-refractivity contribution in [1.29, 1.82) is 0 Å². The van der Waals surface area contributed by atoms with Crippen molar-refractivity contribution in [3.63, 3.8) is 0 Å². The van der Waals surface area contributed by atoms with Crippen LogP contribution in [0.1, 0.15) is 16.7 Å². The number of hydrogen-bond donors (Lipinski definition) is 1. The van der Waals surface area contributed by atoms with Crippen LogP contribution in [0.4, 0.5) is 5.69 Å². The zero-order chi connectivity index (χ0) is 17.6.